The van der Waals surface area contributed by atoms with Crippen LogP contribution in [0.15, 0.2) is 53.4 Å². The first-order chi connectivity index (χ1) is 15.9. The van der Waals surface area contributed by atoms with Gasteiger partial charge in [0, 0.05) is 11.3 Å². The number of unbranched alkanes of at least 4 members (excludes halogenated alkanes) is 1. The molecule has 2 aromatic carbocycles. The minimum Gasteiger partial charge on any atom is -0.406 e. The molecule has 0 aliphatic carbocycles. The van der Waals surface area contributed by atoms with Crippen molar-refractivity contribution in [3.8, 4) is 5.75 Å². The van der Waals surface area contributed by atoms with Crippen LogP contribution in [0.3, 0.4) is 0 Å². The van der Waals surface area contributed by atoms with Gasteiger partial charge < -0.3 is 16.2 Å². The summed E-state index contributed by atoms with van der Waals surface area (Å²) in [4.78, 5) is 24.1. The van der Waals surface area contributed by atoms with E-state index in [1.54, 1.807) is 0 Å². The number of rotatable bonds is 12. The molecule has 0 fully saturated rings. The van der Waals surface area contributed by atoms with E-state index in [0.717, 1.165) is 48.9 Å². The summed E-state index contributed by atoms with van der Waals surface area (Å²) in [7, 11) is -4.09. The second-order valence-corrected chi connectivity index (χ2v) is 9.79. The van der Waals surface area contributed by atoms with E-state index in [1.807, 2.05) is 0 Å². The Labute approximate surface area is 199 Å². The summed E-state index contributed by atoms with van der Waals surface area (Å²) >= 11 is 0.825. The standard InChI is InChI=1S/C21H24F3N3O5S2/c22-21(23,24)32-16-8-10-17(11-9-16)34(30,31)27-15-6-4-14(5-7-15)19(28)13-33-20(29)18(26)3-1-2-12-25/h4-11,18,27H,1-3,12-13,25-26H2. The lowest BCUT2D eigenvalue weighted by molar-refractivity contribution is -0.274. The molecule has 13 heteroatoms. The summed E-state index contributed by atoms with van der Waals surface area (Å²) in [6.45, 7) is 0.516. The smallest absolute Gasteiger partial charge is 0.406 e. The molecule has 0 aliphatic heterocycles. The predicted octanol–water partition coefficient (Wildman–Crippen LogP) is 3.28. The van der Waals surface area contributed by atoms with E-state index in [9.17, 15) is 31.2 Å². The van der Waals surface area contributed by atoms with Crippen LogP contribution in [-0.4, -0.2) is 44.0 Å². The van der Waals surface area contributed by atoms with Gasteiger partial charge in [0.2, 0.25) is 5.12 Å². The van der Waals surface area contributed by atoms with Crippen molar-refractivity contribution in [2.24, 2.45) is 11.5 Å². The van der Waals surface area contributed by atoms with Gasteiger partial charge in [0.1, 0.15) is 5.75 Å². The van der Waals surface area contributed by atoms with Crippen LogP contribution in [0.1, 0.15) is 29.6 Å². The summed E-state index contributed by atoms with van der Waals surface area (Å²) in [5.74, 6) is -0.995. The first kappa shape index (κ1) is 27.6. The Kier molecular flexibility index (Phi) is 9.91. The number of benzene rings is 2. The summed E-state index contributed by atoms with van der Waals surface area (Å²) in [5, 5.41) is -0.290. The van der Waals surface area contributed by atoms with Crippen molar-refractivity contribution in [3.05, 3.63) is 54.1 Å². The van der Waals surface area contributed by atoms with E-state index in [4.69, 9.17) is 11.5 Å². The second kappa shape index (κ2) is 12.2. The average Bonchev–Trinajstić information content (AvgIpc) is 2.76. The topological polar surface area (TPSA) is 142 Å². The molecule has 8 nitrogen and oxygen atoms in total. The summed E-state index contributed by atoms with van der Waals surface area (Å²) in [6, 6.07) is 8.54. The van der Waals surface area contributed by atoms with Crippen LogP contribution in [0, 0.1) is 0 Å². The zero-order chi connectivity index (χ0) is 25.4. The van der Waals surface area contributed by atoms with E-state index in [-0.39, 0.29) is 32.8 Å². The highest BCUT2D eigenvalue weighted by Gasteiger charge is 2.31. The number of thioether (sulfide) groups is 1. The lowest BCUT2D eigenvalue weighted by Gasteiger charge is -2.11. The third-order valence-corrected chi connectivity index (χ3v) is 6.84. The first-order valence-electron chi connectivity index (χ1n) is 10.1. The lowest BCUT2D eigenvalue weighted by Crippen LogP contribution is -2.29. The Balaban J connectivity index is 1.93. The fourth-order valence-corrected chi connectivity index (χ4v) is 4.54. The molecule has 0 saturated heterocycles. The normalized spacial score (nSPS) is 12.7. The fraction of sp³-hybridized carbons (Fsp3) is 0.333. The molecule has 0 heterocycles. The molecular formula is C21H24F3N3O5S2. The number of carbonyl (C=O) groups is 2. The Morgan fingerprint density at radius 3 is 2.21 bits per heavy atom. The van der Waals surface area contributed by atoms with E-state index >= 15 is 0 Å². The number of Topliss-reactive ketones (excluding diaryl/α,β-unsaturated/α-hetero) is 1. The van der Waals surface area contributed by atoms with Crippen molar-refractivity contribution in [3.63, 3.8) is 0 Å². The molecule has 186 valence electrons. The van der Waals surface area contributed by atoms with Crippen molar-refractivity contribution >= 4 is 38.4 Å². The Hall–Kier alpha value is -2.61. The monoisotopic (exact) mass is 519 g/mol. The maximum Gasteiger partial charge on any atom is 0.573 e. The van der Waals surface area contributed by atoms with Gasteiger partial charge in [-0.25, -0.2) is 8.42 Å². The lowest BCUT2D eigenvalue weighted by atomic mass is 10.1. The third kappa shape index (κ3) is 8.97. The van der Waals surface area contributed by atoms with Gasteiger partial charge >= 0.3 is 6.36 Å². The maximum atomic E-state index is 12.5. The number of anilines is 1. The molecule has 2 rings (SSSR count). The summed E-state index contributed by atoms with van der Waals surface area (Å²) < 4.78 is 67.6. The first-order valence-corrected chi connectivity index (χ1v) is 12.5. The number of sulfonamides is 1. The quantitative estimate of drug-likeness (QED) is 0.287. The number of ether oxygens (including phenoxy) is 1. The molecule has 0 aromatic heterocycles. The zero-order valence-corrected chi connectivity index (χ0v) is 19.5. The number of alkyl halides is 3. The molecule has 2 aromatic rings. The van der Waals surface area contributed by atoms with Crippen molar-refractivity contribution in [1.29, 1.82) is 0 Å². The van der Waals surface area contributed by atoms with Crippen molar-refractivity contribution in [1.82, 2.24) is 0 Å². The van der Waals surface area contributed by atoms with Crippen LogP contribution in [0.4, 0.5) is 18.9 Å². The summed E-state index contributed by atoms with van der Waals surface area (Å²) in [6.07, 6.45) is -2.91. The number of nitrogens with two attached hydrogens (primary N) is 2. The predicted molar refractivity (Wildman–Crippen MR) is 123 cm³/mol. The number of hydrogen-bond donors (Lipinski definition) is 3. The van der Waals surface area contributed by atoms with Gasteiger partial charge in [-0.1, -0.05) is 18.2 Å². The highest BCUT2D eigenvalue weighted by atomic mass is 32.2. The SMILES string of the molecule is NCCCCC(N)C(=O)SCC(=O)c1ccc(NS(=O)(=O)c2ccc(OC(F)(F)F)cc2)cc1. The number of halogens is 3. The van der Waals surface area contributed by atoms with Gasteiger partial charge in [-0.3, -0.25) is 14.3 Å². The molecule has 1 unspecified atom stereocenters. The van der Waals surface area contributed by atoms with Crippen LogP contribution >= 0.6 is 11.8 Å². The van der Waals surface area contributed by atoms with Gasteiger partial charge in [-0.15, -0.1) is 13.2 Å². The van der Waals surface area contributed by atoms with Crippen LogP contribution in [0.25, 0.3) is 0 Å². The van der Waals surface area contributed by atoms with E-state index < -0.39 is 28.2 Å². The molecule has 5 N–H and O–H groups in total. The maximum absolute atomic E-state index is 12.5. The van der Waals surface area contributed by atoms with Crippen LogP contribution in [-0.2, 0) is 14.8 Å². The van der Waals surface area contributed by atoms with Gasteiger partial charge in [-0.2, -0.15) is 0 Å². The van der Waals surface area contributed by atoms with Gasteiger partial charge in [-0.05, 0) is 67.9 Å². The minimum atomic E-state index is -4.89. The van der Waals surface area contributed by atoms with Crippen LogP contribution < -0.4 is 20.9 Å². The second-order valence-electron chi connectivity index (χ2n) is 7.12. The molecule has 0 spiro atoms. The third-order valence-electron chi connectivity index (χ3n) is 4.44. The molecule has 0 bridgehead atoms. The molecule has 1 atom stereocenters. The number of ketones is 1. The molecule has 0 saturated carbocycles. The molecule has 34 heavy (non-hydrogen) atoms. The van der Waals surface area contributed by atoms with E-state index in [0.29, 0.717) is 13.0 Å². The zero-order valence-electron chi connectivity index (χ0n) is 17.9. The highest BCUT2D eigenvalue weighted by molar-refractivity contribution is 8.14. The highest BCUT2D eigenvalue weighted by Crippen LogP contribution is 2.25. The molecular weight excluding hydrogens is 495 g/mol. The number of carbonyl (C=O) groups excluding carboxylic acids is 2. The average molecular weight is 520 g/mol. The van der Waals surface area contributed by atoms with Crippen molar-refractivity contribution < 1.29 is 35.9 Å². The molecule has 0 aliphatic rings. The summed E-state index contributed by atoms with van der Waals surface area (Å²) in [5.41, 5.74) is 11.6. The van der Waals surface area contributed by atoms with Crippen LogP contribution in [0.5, 0.6) is 5.75 Å². The minimum absolute atomic E-state index is 0.110. The van der Waals surface area contributed by atoms with E-state index in [1.165, 1.54) is 24.3 Å². The number of nitrogens with one attached hydrogen (secondary N) is 1. The number of hydrogen-bond acceptors (Lipinski definition) is 8. The van der Waals surface area contributed by atoms with Gasteiger partial charge in [0.05, 0.1) is 16.7 Å². The largest absolute Gasteiger partial charge is 0.573 e. The van der Waals surface area contributed by atoms with Crippen molar-refractivity contribution in [2.75, 3.05) is 17.0 Å². The molecule has 0 amide bonds. The van der Waals surface area contributed by atoms with E-state index in [2.05, 4.69) is 9.46 Å². The Morgan fingerprint density at radius 1 is 1.03 bits per heavy atom. The Bertz CT molecular complexity index is 1080. The van der Waals surface area contributed by atoms with Crippen LogP contribution in [0.2, 0.25) is 0 Å². The fourth-order valence-electron chi connectivity index (χ4n) is 2.71. The van der Waals surface area contributed by atoms with Crippen molar-refractivity contribution in [2.45, 2.75) is 36.6 Å². The molecule has 0 radical (unpaired) electrons. The van der Waals surface area contributed by atoms with Gasteiger partial charge in [0.15, 0.2) is 5.78 Å². The Morgan fingerprint density at radius 2 is 1.65 bits per heavy atom. The van der Waals surface area contributed by atoms with Gasteiger partial charge in [0.25, 0.3) is 10.0 Å².